The van der Waals surface area contributed by atoms with Gasteiger partial charge >= 0.3 is 5.97 Å². The van der Waals surface area contributed by atoms with Crippen molar-refractivity contribution in [2.75, 3.05) is 0 Å². The number of hydrogen-bond donors (Lipinski definition) is 0. The molecule has 2 rings (SSSR count). The van der Waals surface area contributed by atoms with Crippen LogP contribution < -0.4 is 0 Å². The molecule has 2 aromatic carbocycles. The van der Waals surface area contributed by atoms with Crippen LogP contribution in [0.5, 0.6) is 0 Å². The summed E-state index contributed by atoms with van der Waals surface area (Å²) in [6.07, 6.45) is 4.89. The fourth-order valence-electron chi connectivity index (χ4n) is 2.86. The summed E-state index contributed by atoms with van der Waals surface area (Å²) in [6.45, 7) is 6.02. The molecule has 0 bridgehead atoms. The Hall–Kier alpha value is -2.40. The number of oxime groups is 1. The first-order valence-electron chi connectivity index (χ1n) is 10.6. The molecular weight excluding hydrogens is 394 g/mol. The van der Waals surface area contributed by atoms with E-state index < -0.39 is 5.97 Å². The molecule has 0 spiro atoms. The summed E-state index contributed by atoms with van der Waals surface area (Å²) in [4.78, 5) is 32.1. The van der Waals surface area contributed by atoms with Crippen LogP contribution in [0.25, 0.3) is 0 Å². The second-order valence-corrected chi connectivity index (χ2v) is 8.83. The van der Waals surface area contributed by atoms with Crippen molar-refractivity contribution in [3.8, 4) is 0 Å². The van der Waals surface area contributed by atoms with E-state index >= 15 is 0 Å². The fourth-order valence-corrected chi connectivity index (χ4v) is 3.70. The lowest BCUT2D eigenvalue weighted by molar-refractivity contribution is -0.144. The number of Topliss-reactive ketones (excluding diaryl/α,β-unsaturated/α-hetero) is 1. The van der Waals surface area contributed by atoms with Gasteiger partial charge in [0.25, 0.3) is 0 Å². The minimum atomic E-state index is -0.404. The van der Waals surface area contributed by atoms with E-state index in [2.05, 4.69) is 24.2 Å². The molecule has 4 nitrogen and oxygen atoms in total. The average Bonchev–Trinajstić information content (AvgIpc) is 2.73. The summed E-state index contributed by atoms with van der Waals surface area (Å²) < 4.78 is 0. The maximum absolute atomic E-state index is 13.0. The lowest BCUT2D eigenvalue weighted by Gasteiger charge is -2.08. The number of rotatable bonds is 12. The van der Waals surface area contributed by atoms with Crippen LogP contribution in [0.2, 0.25) is 0 Å². The number of unbranched alkanes of at least 4 members (excludes halogenated alkanes) is 3. The third-order valence-corrected chi connectivity index (χ3v) is 5.47. The topological polar surface area (TPSA) is 55.7 Å². The van der Waals surface area contributed by atoms with Crippen molar-refractivity contribution >= 4 is 29.2 Å². The van der Waals surface area contributed by atoms with Crippen LogP contribution in [0.4, 0.5) is 0 Å². The van der Waals surface area contributed by atoms with E-state index in [0.29, 0.717) is 17.7 Å². The zero-order valence-corrected chi connectivity index (χ0v) is 18.9. The van der Waals surface area contributed by atoms with Gasteiger partial charge in [0.05, 0.1) is 6.42 Å². The van der Waals surface area contributed by atoms with Crippen molar-refractivity contribution in [1.29, 1.82) is 0 Å². The monoisotopic (exact) mass is 425 g/mol. The molecule has 0 fully saturated rings. The minimum absolute atomic E-state index is 0.180. The molecule has 0 heterocycles. The van der Waals surface area contributed by atoms with Gasteiger partial charge in [-0.05, 0) is 55.2 Å². The van der Waals surface area contributed by atoms with Crippen LogP contribution in [0.3, 0.4) is 0 Å². The van der Waals surface area contributed by atoms with Gasteiger partial charge in [-0.1, -0.05) is 75.2 Å². The third-order valence-electron chi connectivity index (χ3n) is 4.46. The maximum Gasteiger partial charge on any atom is 0.335 e. The molecule has 0 amide bonds. The fraction of sp³-hybridized carbons (Fsp3) is 0.400. The van der Waals surface area contributed by atoms with E-state index in [-0.39, 0.29) is 18.1 Å². The third kappa shape index (κ3) is 8.54. The van der Waals surface area contributed by atoms with Gasteiger partial charge in [-0.25, -0.2) is 4.79 Å². The normalized spacial score (nSPS) is 11.5. The largest absolute Gasteiger partial charge is 0.335 e. The van der Waals surface area contributed by atoms with E-state index in [9.17, 15) is 9.59 Å². The summed E-state index contributed by atoms with van der Waals surface area (Å²) in [5.41, 5.74) is 0.869. The molecule has 0 aromatic heterocycles. The Balaban J connectivity index is 2.07. The van der Waals surface area contributed by atoms with Crippen LogP contribution in [0, 0.1) is 5.92 Å². The zero-order chi connectivity index (χ0) is 21.8. The van der Waals surface area contributed by atoms with Crippen LogP contribution in [0.15, 0.2) is 69.5 Å². The smallest absolute Gasteiger partial charge is 0.318 e. The Morgan fingerprint density at radius 3 is 2.23 bits per heavy atom. The lowest BCUT2D eigenvalue weighted by atomic mass is 10.0. The van der Waals surface area contributed by atoms with E-state index in [4.69, 9.17) is 4.84 Å². The number of benzene rings is 2. The molecule has 2 aromatic rings. The first-order valence-corrected chi connectivity index (χ1v) is 11.5. The molecule has 0 saturated carbocycles. The molecular formula is C25H31NO3S. The SMILES string of the molecule is CCCCCCC(=NOC(=O)CC(C)C)C(=O)c1ccc(Sc2ccccc2)cc1. The van der Waals surface area contributed by atoms with Crippen LogP contribution >= 0.6 is 11.8 Å². The van der Waals surface area contributed by atoms with E-state index in [0.717, 1.165) is 35.5 Å². The van der Waals surface area contributed by atoms with Crippen molar-refractivity contribution in [1.82, 2.24) is 0 Å². The number of carbonyl (C=O) groups excluding carboxylic acids is 2. The molecule has 0 aliphatic rings. The first kappa shape index (κ1) is 23.9. The Kier molecular flexibility index (Phi) is 10.4. The summed E-state index contributed by atoms with van der Waals surface area (Å²) in [5, 5.41) is 3.95. The number of ketones is 1. The van der Waals surface area contributed by atoms with Gasteiger partial charge in [-0.3, -0.25) is 4.79 Å². The summed E-state index contributed by atoms with van der Waals surface area (Å²) in [7, 11) is 0. The Morgan fingerprint density at radius 2 is 1.60 bits per heavy atom. The highest BCUT2D eigenvalue weighted by Gasteiger charge is 2.16. The Bertz CT molecular complexity index is 829. The van der Waals surface area contributed by atoms with Crippen molar-refractivity contribution in [3.63, 3.8) is 0 Å². The second-order valence-electron chi connectivity index (χ2n) is 7.68. The number of hydrogen-bond acceptors (Lipinski definition) is 5. The molecule has 5 heteroatoms. The predicted octanol–water partition coefficient (Wildman–Crippen LogP) is 6.94. The quantitative estimate of drug-likeness (QED) is 0.122. The lowest BCUT2D eigenvalue weighted by Crippen LogP contribution is -2.16. The van der Waals surface area contributed by atoms with Gasteiger partial charge in [0.15, 0.2) is 0 Å². The van der Waals surface area contributed by atoms with E-state index in [1.165, 1.54) is 0 Å². The molecule has 0 atom stereocenters. The average molecular weight is 426 g/mol. The highest BCUT2D eigenvalue weighted by molar-refractivity contribution is 7.99. The van der Waals surface area contributed by atoms with Crippen LogP contribution in [-0.2, 0) is 9.63 Å². The van der Waals surface area contributed by atoms with E-state index in [1.54, 1.807) is 11.8 Å². The van der Waals surface area contributed by atoms with Crippen molar-refractivity contribution in [2.24, 2.45) is 11.1 Å². The number of nitrogens with zero attached hydrogens (tertiary/aromatic N) is 1. The molecule has 0 unspecified atom stereocenters. The maximum atomic E-state index is 13.0. The Labute approximate surface area is 184 Å². The molecule has 160 valence electrons. The summed E-state index contributed by atoms with van der Waals surface area (Å²) in [6, 6.07) is 17.6. The van der Waals surface area contributed by atoms with Gasteiger partial charge < -0.3 is 4.84 Å². The van der Waals surface area contributed by atoms with Crippen LogP contribution in [-0.4, -0.2) is 17.5 Å². The van der Waals surface area contributed by atoms with Gasteiger partial charge in [-0.15, -0.1) is 0 Å². The minimum Gasteiger partial charge on any atom is -0.318 e. The molecule has 0 radical (unpaired) electrons. The molecule has 0 aliphatic carbocycles. The number of carbonyl (C=O) groups is 2. The van der Waals surface area contributed by atoms with Crippen molar-refractivity contribution in [2.45, 2.75) is 69.1 Å². The molecule has 30 heavy (non-hydrogen) atoms. The van der Waals surface area contributed by atoms with Gasteiger partial charge in [0.1, 0.15) is 5.71 Å². The molecule has 0 N–H and O–H groups in total. The predicted molar refractivity (Wildman–Crippen MR) is 123 cm³/mol. The first-order chi connectivity index (χ1) is 14.5. The van der Waals surface area contributed by atoms with Gasteiger partial charge in [0, 0.05) is 15.4 Å². The second kappa shape index (κ2) is 13.0. The molecule has 0 saturated heterocycles. The molecule has 0 aliphatic heterocycles. The van der Waals surface area contributed by atoms with Crippen molar-refractivity contribution < 1.29 is 14.4 Å². The van der Waals surface area contributed by atoms with Crippen molar-refractivity contribution in [3.05, 3.63) is 60.2 Å². The standard InChI is InChI=1S/C25H31NO3S/c1-4-5-6-10-13-23(26-29-24(27)18-19(2)3)25(28)20-14-16-22(17-15-20)30-21-11-8-7-9-12-21/h7-9,11-12,14-17,19H,4-6,10,13,18H2,1-3H3. The Morgan fingerprint density at radius 1 is 0.933 bits per heavy atom. The van der Waals surface area contributed by atoms with Gasteiger partial charge in [0.2, 0.25) is 5.78 Å². The van der Waals surface area contributed by atoms with E-state index in [1.807, 2.05) is 56.3 Å². The zero-order valence-electron chi connectivity index (χ0n) is 18.1. The van der Waals surface area contributed by atoms with Gasteiger partial charge in [-0.2, -0.15) is 0 Å². The highest BCUT2D eigenvalue weighted by Crippen LogP contribution is 2.27. The highest BCUT2D eigenvalue weighted by atomic mass is 32.2. The van der Waals surface area contributed by atoms with Crippen LogP contribution in [0.1, 0.15) is 69.7 Å². The summed E-state index contributed by atoms with van der Waals surface area (Å²) >= 11 is 1.64. The summed E-state index contributed by atoms with van der Waals surface area (Å²) in [5.74, 6) is -0.398.